The summed E-state index contributed by atoms with van der Waals surface area (Å²) >= 11 is 0. The van der Waals surface area contributed by atoms with E-state index in [2.05, 4.69) is 6.92 Å². The van der Waals surface area contributed by atoms with Crippen molar-refractivity contribution < 1.29 is 9.53 Å². The average molecular weight is 388 g/mol. The molecule has 0 aliphatic heterocycles. The molecule has 4 heteroatoms. The molecule has 0 radical (unpaired) electrons. The Labute approximate surface area is 152 Å². The van der Waals surface area contributed by atoms with E-state index in [0.717, 1.165) is 18.4 Å². The number of esters is 1. The lowest BCUT2D eigenvalue weighted by Crippen LogP contribution is -2.04. The van der Waals surface area contributed by atoms with Gasteiger partial charge in [-0.1, -0.05) is 88.6 Å². The second-order valence-electron chi connectivity index (χ2n) is 5.72. The zero-order chi connectivity index (χ0) is 15.2. The van der Waals surface area contributed by atoms with Gasteiger partial charge in [-0.05, 0) is 12.0 Å². The minimum absolute atomic E-state index is 0. The summed E-state index contributed by atoms with van der Waals surface area (Å²) in [4.78, 5) is 11.6. The molecule has 1 aromatic rings. The van der Waals surface area contributed by atoms with E-state index in [1.165, 1.54) is 44.9 Å². The van der Waals surface area contributed by atoms with Crippen molar-refractivity contribution >= 4 is 23.0 Å². The number of hydrogen-bond donors (Lipinski definition) is 1. The molecule has 0 saturated heterocycles. The molecule has 0 amide bonds. The van der Waals surface area contributed by atoms with Crippen molar-refractivity contribution in [3.63, 3.8) is 0 Å². The molecule has 23 heavy (non-hydrogen) atoms. The molecule has 0 aliphatic rings. The van der Waals surface area contributed by atoms with E-state index in [1.54, 1.807) is 0 Å². The predicted molar refractivity (Wildman–Crippen MR) is 103 cm³/mol. The van der Waals surface area contributed by atoms with Crippen molar-refractivity contribution in [2.24, 2.45) is 0 Å². The maximum Gasteiger partial charge on any atom is 0.306 e. The first-order chi connectivity index (χ1) is 10.3. The van der Waals surface area contributed by atoms with E-state index in [-0.39, 0.29) is 29.1 Å². The van der Waals surface area contributed by atoms with Crippen molar-refractivity contribution in [3.8, 4) is 0 Å². The second kappa shape index (κ2) is 17.5. The van der Waals surface area contributed by atoms with E-state index in [9.17, 15) is 4.79 Å². The van der Waals surface area contributed by atoms with E-state index in [0.29, 0.717) is 13.0 Å². The monoisotopic (exact) mass is 387 g/mol. The van der Waals surface area contributed by atoms with Gasteiger partial charge in [0.1, 0.15) is 6.61 Å². The summed E-state index contributed by atoms with van der Waals surface area (Å²) in [7, 11) is 0. The SMILES string of the molecule is Br.CCCCCCCCCCCC(=O)OCc1ccccc1.N. The predicted octanol–water partition coefficient (Wildman–Crippen LogP) is 6.39. The maximum atomic E-state index is 11.6. The molecule has 134 valence electrons. The molecule has 0 heterocycles. The minimum Gasteiger partial charge on any atom is -0.461 e. The largest absolute Gasteiger partial charge is 0.461 e. The Morgan fingerprint density at radius 2 is 1.39 bits per heavy atom. The highest BCUT2D eigenvalue weighted by Gasteiger charge is 2.03. The summed E-state index contributed by atoms with van der Waals surface area (Å²) in [5, 5.41) is 0. The molecular formula is C19H34BrNO2. The second-order valence-corrected chi connectivity index (χ2v) is 5.72. The van der Waals surface area contributed by atoms with E-state index in [1.807, 2.05) is 30.3 Å². The van der Waals surface area contributed by atoms with E-state index < -0.39 is 0 Å². The third kappa shape index (κ3) is 14.5. The van der Waals surface area contributed by atoms with Crippen LogP contribution in [0.15, 0.2) is 30.3 Å². The Hall–Kier alpha value is -0.870. The van der Waals surface area contributed by atoms with Crippen LogP contribution < -0.4 is 6.15 Å². The van der Waals surface area contributed by atoms with Gasteiger partial charge in [0.05, 0.1) is 0 Å². The van der Waals surface area contributed by atoms with E-state index in [4.69, 9.17) is 4.74 Å². The standard InChI is InChI=1S/C19H30O2.BrH.H3N/c1-2-3-4-5-6-7-8-9-13-16-19(20)21-17-18-14-11-10-12-15-18;;/h10-12,14-15H,2-9,13,16-17H2,1H3;1H;1H3. The normalized spacial score (nSPS) is 9.61. The summed E-state index contributed by atoms with van der Waals surface area (Å²) in [5.74, 6) is -0.0678. The average Bonchev–Trinajstić information content (AvgIpc) is 2.52. The lowest BCUT2D eigenvalue weighted by molar-refractivity contribution is -0.145. The molecule has 3 N–H and O–H groups in total. The Balaban J connectivity index is 0. The van der Waals surface area contributed by atoms with Gasteiger partial charge in [-0.2, -0.15) is 0 Å². The van der Waals surface area contributed by atoms with Gasteiger partial charge in [0.15, 0.2) is 0 Å². The van der Waals surface area contributed by atoms with Crippen LogP contribution in [0.4, 0.5) is 0 Å². The third-order valence-electron chi connectivity index (χ3n) is 3.73. The highest BCUT2D eigenvalue weighted by Crippen LogP contribution is 2.11. The lowest BCUT2D eigenvalue weighted by Gasteiger charge is -2.05. The summed E-state index contributed by atoms with van der Waals surface area (Å²) in [6.45, 7) is 2.65. The molecule has 0 atom stereocenters. The molecule has 0 bridgehead atoms. The number of carbonyl (C=O) groups is 1. The first kappa shape index (κ1) is 24.4. The fourth-order valence-corrected chi connectivity index (χ4v) is 2.39. The van der Waals surface area contributed by atoms with Gasteiger partial charge >= 0.3 is 5.97 Å². The maximum absolute atomic E-state index is 11.6. The first-order valence-corrected chi connectivity index (χ1v) is 8.52. The first-order valence-electron chi connectivity index (χ1n) is 8.52. The van der Waals surface area contributed by atoms with Crippen LogP contribution in [0.2, 0.25) is 0 Å². The zero-order valence-electron chi connectivity index (χ0n) is 14.6. The fourth-order valence-electron chi connectivity index (χ4n) is 2.39. The summed E-state index contributed by atoms with van der Waals surface area (Å²) in [6, 6.07) is 9.85. The molecular weight excluding hydrogens is 354 g/mol. The lowest BCUT2D eigenvalue weighted by atomic mass is 10.1. The summed E-state index contributed by atoms with van der Waals surface area (Å²) in [6.07, 6.45) is 12.0. The van der Waals surface area contributed by atoms with Crippen molar-refractivity contribution in [1.82, 2.24) is 6.15 Å². The molecule has 1 aromatic carbocycles. The zero-order valence-corrected chi connectivity index (χ0v) is 16.3. The highest BCUT2D eigenvalue weighted by molar-refractivity contribution is 8.93. The van der Waals surface area contributed by atoms with Crippen LogP contribution >= 0.6 is 17.0 Å². The molecule has 0 aliphatic carbocycles. The van der Waals surface area contributed by atoms with Crippen LogP contribution in [0.25, 0.3) is 0 Å². The Morgan fingerprint density at radius 3 is 1.96 bits per heavy atom. The van der Waals surface area contributed by atoms with Crippen molar-refractivity contribution in [1.29, 1.82) is 0 Å². The van der Waals surface area contributed by atoms with Gasteiger partial charge in [-0.25, -0.2) is 0 Å². The number of unbranched alkanes of at least 4 members (excludes halogenated alkanes) is 8. The fraction of sp³-hybridized carbons (Fsp3) is 0.632. The number of hydrogen-bond acceptors (Lipinski definition) is 3. The minimum atomic E-state index is -0.0678. The number of rotatable bonds is 12. The molecule has 0 aromatic heterocycles. The van der Waals surface area contributed by atoms with Gasteiger partial charge in [0, 0.05) is 6.42 Å². The molecule has 3 nitrogen and oxygen atoms in total. The van der Waals surface area contributed by atoms with Gasteiger partial charge in [-0.3, -0.25) is 4.79 Å². The van der Waals surface area contributed by atoms with Crippen LogP contribution in [0, 0.1) is 0 Å². The van der Waals surface area contributed by atoms with Crippen molar-refractivity contribution in [2.75, 3.05) is 0 Å². The highest BCUT2D eigenvalue weighted by atomic mass is 79.9. The van der Waals surface area contributed by atoms with Gasteiger partial charge in [0.25, 0.3) is 0 Å². The molecule has 0 saturated carbocycles. The van der Waals surface area contributed by atoms with Crippen molar-refractivity contribution in [2.45, 2.75) is 77.7 Å². The van der Waals surface area contributed by atoms with Crippen LogP contribution in [-0.2, 0) is 16.1 Å². The van der Waals surface area contributed by atoms with Crippen LogP contribution in [-0.4, -0.2) is 5.97 Å². The quantitative estimate of drug-likeness (QED) is 0.333. The molecule has 1 rings (SSSR count). The summed E-state index contributed by atoms with van der Waals surface area (Å²) in [5.41, 5.74) is 1.05. The third-order valence-corrected chi connectivity index (χ3v) is 3.73. The van der Waals surface area contributed by atoms with Gasteiger partial charge < -0.3 is 10.9 Å². The van der Waals surface area contributed by atoms with Gasteiger partial charge in [0.2, 0.25) is 0 Å². The number of benzene rings is 1. The number of carbonyl (C=O) groups excluding carboxylic acids is 1. The Morgan fingerprint density at radius 1 is 0.870 bits per heavy atom. The molecule has 0 fully saturated rings. The van der Waals surface area contributed by atoms with Crippen molar-refractivity contribution in [3.05, 3.63) is 35.9 Å². The Bertz CT molecular complexity index is 371. The van der Waals surface area contributed by atoms with Crippen LogP contribution in [0.1, 0.15) is 76.7 Å². The van der Waals surface area contributed by atoms with Crippen LogP contribution in [0.5, 0.6) is 0 Å². The number of halogens is 1. The van der Waals surface area contributed by atoms with Crippen LogP contribution in [0.3, 0.4) is 0 Å². The van der Waals surface area contributed by atoms with E-state index >= 15 is 0 Å². The molecule has 0 unspecified atom stereocenters. The topological polar surface area (TPSA) is 61.3 Å². The Kier molecular flexibility index (Phi) is 18.5. The molecule has 0 spiro atoms. The number of ether oxygens (including phenoxy) is 1. The smallest absolute Gasteiger partial charge is 0.306 e. The van der Waals surface area contributed by atoms with Gasteiger partial charge in [-0.15, -0.1) is 17.0 Å². The summed E-state index contributed by atoms with van der Waals surface area (Å²) < 4.78 is 5.26.